The van der Waals surface area contributed by atoms with Crippen LogP contribution >= 0.6 is 0 Å². The predicted molar refractivity (Wildman–Crippen MR) is 71.0 cm³/mol. The van der Waals surface area contributed by atoms with Crippen molar-refractivity contribution in [2.24, 2.45) is 0 Å². The molecule has 2 rings (SSSR count). The van der Waals surface area contributed by atoms with Gasteiger partial charge in [0.15, 0.2) is 0 Å². The van der Waals surface area contributed by atoms with Crippen LogP contribution in [0.2, 0.25) is 0 Å². The zero-order chi connectivity index (χ0) is 14.0. The predicted octanol–water partition coefficient (Wildman–Crippen LogP) is 3.29. The fourth-order valence-corrected chi connectivity index (χ4v) is 2.10. The molecule has 0 spiro atoms. The summed E-state index contributed by atoms with van der Waals surface area (Å²) in [5.74, 6) is -1.09. The number of benzene rings is 1. The number of pyridine rings is 1. The second-order valence-electron chi connectivity index (χ2n) is 4.57. The van der Waals surface area contributed by atoms with E-state index < -0.39 is 17.7 Å². The fraction of sp³-hybridized carbons (Fsp3) is 0.267. The number of aryl methyl sites for hydroxylation is 2. The quantitative estimate of drug-likeness (QED) is 0.918. The van der Waals surface area contributed by atoms with E-state index in [4.69, 9.17) is 0 Å². The van der Waals surface area contributed by atoms with Crippen LogP contribution in [0.25, 0.3) is 0 Å². The van der Waals surface area contributed by atoms with Gasteiger partial charge >= 0.3 is 0 Å². The molecule has 0 bridgehead atoms. The Balaban J connectivity index is 2.57. The first-order chi connectivity index (χ1) is 9.04. The van der Waals surface area contributed by atoms with Crippen molar-refractivity contribution in [2.45, 2.75) is 19.9 Å². The topological polar surface area (TPSA) is 24.9 Å². The van der Waals surface area contributed by atoms with Gasteiger partial charge in [0, 0.05) is 11.8 Å². The van der Waals surface area contributed by atoms with Gasteiger partial charge in [-0.25, -0.2) is 8.78 Å². The Morgan fingerprint density at radius 3 is 2.53 bits per heavy atom. The van der Waals surface area contributed by atoms with Crippen LogP contribution in [0.1, 0.15) is 28.4 Å². The molecule has 0 aliphatic carbocycles. The van der Waals surface area contributed by atoms with Gasteiger partial charge in [-0.1, -0.05) is 6.07 Å². The van der Waals surface area contributed by atoms with E-state index in [0.717, 1.165) is 5.56 Å². The molecule has 0 aliphatic heterocycles. The Morgan fingerprint density at radius 2 is 1.89 bits per heavy atom. The first-order valence-corrected chi connectivity index (χ1v) is 6.09. The number of rotatable bonds is 3. The highest BCUT2D eigenvalue weighted by Gasteiger charge is 2.22. The maximum Gasteiger partial charge on any atom is 0.134 e. The Morgan fingerprint density at radius 1 is 1.16 bits per heavy atom. The van der Waals surface area contributed by atoms with Crippen LogP contribution in [0.3, 0.4) is 0 Å². The van der Waals surface area contributed by atoms with Crippen LogP contribution in [-0.2, 0) is 0 Å². The molecular weight excluding hydrogens is 246 g/mol. The highest BCUT2D eigenvalue weighted by Crippen LogP contribution is 2.27. The van der Waals surface area contributed by atoms with Crippen molar-refractivity contribution in [1.29, 1.82) is 0 Å². The molecule has 0 saturated heterocycles. The lowest BCUT2D eigenvalue weighted by Gasteiger charge is -2.19. The van der Waals surface area contributed by atoms with E-state index in [0.29, 0.717) is 11.3 Å². The lowest BCUT2D eigenvalue weighted by Crippen LogP contribution is -2.22. The summed E-state index contributed by atoms with van der Waals surface area (Å²) in [4.78, 5) is 4.20. The Hall–Kier alpha value is -1.81. The van der Waals surface area contributed by atoms with E-state index in [9.17, 15) is 8.78 Å². The summed E-state index contributed by atoms with van der Waals surface area (Å²) in [6.07, 6.45) is 1.64. The first-order valence-electron chi connectivity index (χ1n) is 6.09. The molecule has 100 valence electrons. The highest BCUT2D eigenvalue weighted by atomic mass is 19.1. The maximum atomic E-state index is 14.2. The average molecular weight is 262 g/mol. The average Bonchev–Trinajstić information content (AvgIpc) is 2.39. The number of hydrogen-bond acceptors (Lipinski definition) is 2. The van der Waals surface area contributed by atoms with E-state index >= 15 is 0 Å². The third-order valence-electron chi connectivity index (χ3n) is 3.13. The molecule has 0 radical (unpaired) electrons. The van der Waals surface area contributed by atoms with E-state index in [1.54, 1.807) is 20.2 Å². The zero-order valence-corrected chi connectivity index (χ0v) is 11.2. The molecule has 0 aliphatic rings. The van der Waals surface area contributed by atoms with Crippen molar-refractivity contribution in [2.75, 3.05) is 7.05 Å². The standard InChI is InChI=1S/C15H16F2N2/c1-9-6-7-19-12(8-9)15(18-3)13-11(16)5-4-10(2)14(13)17/h4-8,15,18H,1-3H3. The summed E-state index contributed by atoms with van der Waals surface area (Å²) >= 11 is 0. The fourth-order valence-electron chi connectivity index (χ4n) is 2.10. The molecule has 19 heavy (non-hydrogen) atoms. The van der Waals surface area contributed by atoms with Gasteiger partial charge in [-0.05, 0) is 50.2 Å². The van der Waals surface area contributed by atoms with Crippen LogP contribution in [0, 0.1) is 25.5 Å². The smallest absolute Gasteiger partial charge is 0.134 e. The Kier molecular flexibility index (Phi) is 3.90. The molecule has 0 saturated carbocycles. The molecule has 4 heteroatoms. The minimum Gasteiger partial charge on any atom is -0.308 e. The monoisotopic (exact) mass is 262 g/mol. The number of aromatic nitrogens is 1. The van der Waals surface area contributed by atoms with Gasteiger partial charge in [0.2, 0.25) is 0 Å². The van der Waals surface area contributed by atoms with Gasteiger partial charge in [-0.3, -0.25) is 4.98 Å². The summed E-state index contributed by atoms with van der Waals surface area (Å²) < 4.78 is 28.1. The molecule has 2 aromatic rings. The normalized spacial score (nSPS) is 12.5. The summed E-state index contributed by atoms with van der Waals surface area (Å²) in [6.45, 7) is 3.54. The molecule has 1 unspecified atom stereocenters. The maximum absolute atomic E-state index is 14.2. The van der Waals surface area contributed by atoms with Crippen LogP contribution in [0.4, 0.5) is 8.78 Å². The van der Waals surface area contributed by atoms with Crippen molar-refractivity contribution in [3.05, 3.63) is 64.5 Å². The van der Waals surface area contributed by atoms with Gasteiger partial charge in [-0.15, -0.1) is 0 Å². The molecule has 0 fully saturated rings. The van der Waals surface area contributed by atoms with Crippen LogP contribution in [-0.4, -0.2) is 12.0 Å². The number of nitrogens with zero attached hydrogens (tertiary/aromatic N) is 1. The first kappa shape index (κ1) is 13.6. The summed E-state index contributed by atoms with van der Waals surface area (Å²) in [5, 5.41) is 2.93. The van der Waals surface area contributed by atoms with Crippen LogP contribution < -0.4 is 5.32 Å². The Labute approximate surface area is 111 Å². The van der Waals surface area contributed by atoms with E-state index in [1.807, 2.05) is 19.1 Å². The second kappa shape index (κ2) is 5.45. The summed E-state index contributed by atoms with van der Waals surface area (Å²) in [5.41, 5.74) is 2.04. The molecule has 1 N–H and O–H groups in total. The zero-order valence-electron chi connectivity index (χ0n) is 11.2. The molecule has 0 amide bonds. The van der Waals surface area contributed by atoms with Crippen LogP contribution in [0.5, 0.6) is 0 Å². The summed E-state index contributed by atoms with van der Waals surface area (Å²) in [7, 11) is 1.66. The lowest BCUT2D eigenvalue weighted by molar-refractivity contribution is 0.513. The summed E-state index contributed by atoms with van der Waals surface area (Å²) in [6, 6.07) is 5.79. The van der Waals surface area contributed by atoms with Gasteiger partial charge in [0.25, 0.3) is 0 Å². The molecule has 1 heterocycles. The minimum absolute atomic E-state index is 0.0144. The lowest BCUT2D eigenvalue weighted by atomic mass is 9.99. The number of hydrogen-bond donors (Lipinski definition) is 1. The third kappa shape index (κ3) is 2.63. The molecular formula is C15H16F2N2. The second-order valence-corrected chi connectivity index (χ2v) is 4.57. The van der Waals surface area contributed by atoms with Gasteiger partial charge in [-0.2, -0.15) is 0 Å². The van der Waals surface area contributed by atoms with E-state index in [1.165, 1.54) is 12.1 Å². The largest absolute Gasteiger partial charge is 0.308 e. The van der Waals surface area contributed by atoms with E-state index in [-0.39, 0.29) is 5.56 Å². The highest BCUT2D eigenvalue weighted by molar-refractivity contribution is 5.35. The Bertz CT molecular complexity index is 597. The number of nitrogens with one attached hydrogen (secondary N) is 1. The molecule has 1 aromatic heterocycles. The van der Waals surface area contributed by atoms with Crippen LogP contribution in [0.15, 0.2) is 30.5 Å². The van der Waals surface area contributed by atoms with Crippen molar-refractivity contribution < 1.29 is 8.78 Å². The van der Waals surface area contributed by atoms with E-state index in [2.05, 4.69) is 10.3 Å². The number of halogens is 2. The third-order valence-corrected chi connectivity index (χ3v) is 3.13. The molecule has 1 aromatic carbocycles. The SMILES string of the molecule is CNC(c1cc(C)ccn1)c1c(F)ccc(C)c1F. The van der Waals surface area contributed by atoms with Crippen molar-refractivity contribution >= 4 is 0 Å². The van der Waals surface area contributed by atoms with Gasteiger partial charge in [0.1, 0.15) is 11.6 Å². The molecule has 2 nitrogen and oxygen atoms in total. The van der Waals surface area contributed by atoms with Gasteiger partial charge < -0.3 is 5.32 Å². The van der Waals surface area contributed by atoms with Crippen molar-refractivity contribution in [1.82, 2.24) is 10.3 Å². The molecule has 1 atom stereocenters. The van der Waals surface area contributed by atoms with Crippen molar-refractivity contribution in [3.8, 4) is 0 Å². The minimum atomic E-state index is -0.597. The van der Waals surface area contributed by atoms with Gasteiger partial charge in [0.05, 0.1) is 11.7 Å². The van der Waals surface area contributed by atoms with Crippen molar-refractivity contribution in [3.63, 3.8) is 0 Å².